The van der Waals surface area contributed by atoms with Crippen LogP contribution in [0.15, 0.2) is 28.7 Å². The number of furan rings is 1. The summed E-state index contributed by atoms with van der Waals surface area (Å²) in [6, 6.07) is 7.61. The van der Waals surface area contributed by atoms with Crippen LogP contribution in [-0.4, -0.2) is 35.9 Å². The van der Waals surface area contributed by atoms with E-state index in [9.17, 15) is 4.79 Å². The van der Waals surface area contributed by atoms with Crippen molar-refractivity contribution < 1.29 is 9.21 Å². The summed E-state index contributed by atoms with van der Waals surface area (Å²) in [5, 5.41) is 1.10. The Balaban J connectivity index is 2.19. The van der Waals surface area contributed by atoms with Crippen LogP contribution in [0.3, 0.4) is 0 Å². The smallest absolute Gasteiger partial charge is 0.239 e. The maximum atomic E-state index is 12.5. The van der Waals surface area contributed by atoms with Gasteiger partial charge in [0.1, 0.15) is 11.3 Å². The summed E-state index contributed by atoms with van der Waals surface area (Å²) >= 11 is 1.71. The fourth-order valence-corrected chi connectivity index (χ4v) is 3.32. The number of hydrogen-bond acceptors (Lipinski definition) is 4. The van der Waals surface area contributed by atoms with Crippen LogP contribution in [0.5, 0.6) is 0 Å². The van der Waals surface area contributed by atoms with Gasteiger partial charge in [0.15, 0.2) is 0 Å². The molecule has 0 saturated heterocycles. The van der Waals surface area contributed by atoms with E-state index in [4.69, 9.17) is 10.2 Å². The van der Waals surface area contributed by atoms with Crippen molar-refractivity contribution in [2.45, 2.75) is 45.2 Å². The van der Waals surface area contributed by atoms with Gasteiger partial charge in [-0.3, -0.25) is 4.79 Å². The molecule has 24 heavy (non-hydrogen) atoms. The number of rotatable bonds is 9. The molecule has 0 aliphatic carbocycles. The van der Waals surface area contributed by atoms with Crippen LogP contribution in [0.4, 0.5) is 0 Å². The lowest BCUT2D eigenvalue weighted by Crippen LogP contribution is -2.41. The minimum absolute atomic E-state index is 0.00391. The summed E-state index contributed by atoms with van der Waals surface area (Å²) in [5.41, 5.74) is 8.05. The second-order valence-corrected chi connectivity index (χ2v) is 7.17. The minimum Gasteiger partial charge on any atom is -0.461 e. The van der Waals surface area contributed by atoms with Gasteiger partial charge in [0, 0.05) is 31.0 Å². The highest BCUT2D eigenvalue weighted by molar-refractivity contribution is 7.98. The zero-order valence-corrected chi connectivity index (χ0v) is 15.7. The highest BCUT2D eigenvalue weighted by atomic mass is 32.2. The Morgan fingerprint density at radius 1 is 1.38 bits per heavy atom. The van der Waals surface area contributed by atoms with Gasteiger partial charge in [-0.2, -0.15) is 11.8 Å². The lowest BCUT2D eigenvalue weighted by molar-refractivity contribution is -0.131. The lowest BCUT2D eigenvalue weighted by Gasteiger charge is -2.21. The van der Waals surface area contributed by atoms with Crippen molar-refractivity contribution >= 4 is 28.6 Å². The zero-order valence-electron chi connectivity index (χ0n) is 14.9. The fourth-order valence-electron chi connectivity index (χ4n) is 2.83. The fraction of sp³-hybridized carbons (Fsp3) is 0.526. The summed E-state index contributed by atoms with van der Waals surface area (Å²) in [6.45, 7) is 2.71. The molecule has 0 radical (unpaired) electrons. The van der Waals surface area contributed by atoms with Gasteiger partial charge >= 0.3 is 0 Å². The number of nitrogens with two attached hydrogens (primary N) is 1. The van der Waals surface area contributed by atoms with E-state index in [1.807, 2.05) is 31.5 Å². The van der Waals surface area contributed by atoms with Gasteiger partial charge in [0.05, 0.1) is 6.04 Å². The van der Waals surface area contributed by atoms with Gasteiger partial charge in [0.2, 0.25) is 5.91 Å². The Morgan fingerprint density at radius 3 is 2.83 bits per heavy atom. The monoisotopic (exact) mass is 348 g/mol. The van der Waals surface area contributed by atoms with Crippen LogP contribution in [-0.2, 0) is 17.8 Å². The first kappa shape index (κ1) is 18.9. The molecule has 0 aliphatic heterocycles. The molecular weight excluding hydrogens is 320 g/mol. The van der Waals surface area contributed by atoms with E-state index in [1.165, 1.54) is 0 Å². The second-order valence-electron chi connectivity index (χ2n) is 6.19. The third-order valence-corrected chi connectivity index (χ3v) is 4.90. The topological polar surface area (TPSA) is 59.5 Å². The average Bonchev–Trinajstić information content (AvgIpc) is 2.94. The van der Waals surface area contributed by atoms with Gasteiger partial charge in [-0.15, -0.1) is 0 Å². The summed E-state index contributed by atoms with van der Waals surface area (Å²) in [6.07, 6.45) is 5.83. The largest absolute Gasteiger partial charge is 0.461 e. The van der Waals surface area contributed by atoms with E-state index in [1.54, 1.807) is 16.7 Å². The van der Waals surface area contributed by atoms with Crippen LogP contribution in [0.1, 0.15) is 37.5 Å². The molecule has 0 unspecified atom stereocenters. The Labute approximate surface area is 148 Å². The van der Waals surface area contributed by atoms with Crippen LogP contribution >= 0.6 is 11.8 Å². The second kappa shape index (κ2) is 9.14. The van der Waals surface area contributed by atoms with Crippen LogP contribution < -0.4 is 5.73 Å². The quantitative estimate of drug-likeness (QED) is 0.748. The molecule has 2 rings (SSSR count). The average molecular weight is 349 g/mol. The number of unbranched alkanes of at least 4 members (excludes halogenated alkanes) is 1. The highest BCUT2D eigenvalue weighted by Gasteiger charge is 2.21. The lowest BCUT2D eigenvalue weighted by atomic mass is 10.1. The molecule has 4 nitrogen and oxygen atoms in total. The molecule has 2 N–H and O–H groups in total. The summed E-state index contributed by atoms with van der Waals surface area (Å²) in [4.78, 5) is 14.2. The van der Waals surface area contributed by atoms with E-state index in [0.717, 1.165) is 47.3 Å². The van der Waals surface area contributed by atoms with Crippen LogP contribution in [0, 0.1) is 0 Å². The van der Waals surface area contributed by atoms with E-state index >= 15 is 0 Å². The SMILES string of the molecule is CCCCc1oc2ccccc2c1CN(C)C(=O)[C@@H](N)CCSC. The van der Waals surface area contributed by atoms with Gasteiger partial charge in [0.25, 0.3) is 0 Å². The molecule has 132 valence electrons. The van der Waals surface area contributed by atoms with Crippen molar-refractivity contribution in [2.24, 2.45) is 5.73 Å². The number of para-hydroxylation sites is 1. The molecule has 1 aromatic carbocycles. The Morgan fingerprint density at radius 2 is 2.12 bits per heavy atom. The van der Waals surface area contributed by atoms with E-state index in [2.05, 4.69) is 13.0 Å². The summed E-state index contributed by atoms with van der Waals surface area (Å²) in [7, 11) is 1.83. The Hall–Kier alpha value is -1.46. The number of nitrogens with zero attached hydrogens (tertiary/aromatic N) is 1. The molecule has 1 aromatic heterocycles. The van der Waals surface area contributed by atoms with Crippen molar-refractivity contribution in [1.29, 1.82) is 0 Å². The standard InChI is InChI=1S/C19H28N2O2S/c1-4-5-9-18-15(14-8-6-7-10-17(14)23-18)13-21(2)19(22)16(20)11-12-24-3/h6-8,10,16H,4-5,9,11-13,20H2,1-3H3/t16-/m0/s1. The molecule has 0 bridgehead atoms. The first-order chi connectivity index (χ1) is 11.6. The number of fused-ring (bicyclic) bond motifs is 1. The van der Waals surface area contributed by atoms with Crippen molar-refractivity contribution in [3.8, 4) is 0 Å². The van der Waals surface area contributed by atoms with Crippen LogP contribution in [0.25, 0.3) is 11.0 Å². The summed E-state index contributed by atoms with van der Waals surface area (Å²) < 4.78 is 6.03. The van der Waals surface area contributed by atoms with E-state index in [0.29, 0.717) is 13.0 Å². The molecule has 0 aliphatic rings. The number of carbonyl (C=O) groups excluding carboxylic acids is 1. The molecule has 1 amide bonds. The third-order valence-electron chi connectivity index (χ3n) is 4.26. The van der Waals surface area contributed by atoms with Crippen molar-refractivity contribution in [3.63, 3.8) is 0 Å². The summed E-state index contributed by atoms with van der Waals surface area (Å²) in [5.74, 6) is 1.89. The number of carbonyl (C=O) groups is 1. The number of hydrogen-bond donors (Lipinski definition) is 1. The van der Waals surface area contributed by atoms with Gasteiger partial charge in [-0.25, -0.2) is 0 Å². The molecule has 2 aromatic rings. The van der Waals surface area contributed by atoms with Gasteiger partial charge in [-0.05, 0) is 30.9 Å². The Kier molecular flexibility index (Phi) is 7.18. The molecule has 0 fully saturated rings. The number of likely N-dealkylation sites (N-methyl/N-ethyl adjacent to an activating group) is 1. The maximum Gasteiger partial charge on any atom is 0.239 e. The molecule has 0 spiro atoms. The van der Waals surface area contributed by atoms with Gasteiger partial charge in [-0.1, -0.05) is 31.5 Å². The number of amides is 1. The zero-order chi connectivity index (χ0) is 17.5. The van der Waals surface area contributed by atoms with E-state index in [-0.39, 0.29) is 5.91 Å². The first-order valence-electron chi connectivity index (χ1n) is 8.57. The molecule has 1 atom stereocenters. The van der Waals surface area contributed by atoms with Gasteiger partial charge < -0.3 is 15.1 Å². The van der Waals surface area contributed by atoms with Crippen molar-refractivity contribution in [3.05, 3.63) is 35.6 Å². The van der Waals surface area contributed by atoms with Crippen molar-refractivity contribution in [1.82, 2.24) is 4.90 Å². The molecule has 1 heterocycles. The predicted octanol–water partition coefficient (Wildman–Crippen LogP) is 3.81. The third kappa shape index (κ3) is 4.54. The van der Waals surface area contributed by atoms with Crippen molar-refractivity contribution in [2.75, 3.05) is 19.1 Å². The number of benzene rings is 1. The molecule has 0 saturated carbocycles. The number of aryl methyl sites for hydroxylation is 1. The minimum atomic E-state index is -0.431. The van der Waals surface area contributed by atoms with Crippen LogP contribution in [0.2, 0.25) is 0 Å². The normalized spacial score (nSPS) is 12.5. The Bertz CT molecular complexity index is 668. The first-order valence-corrected chi connectivity index (χ1v) is 9.96. The molecular formula is C19H28N2O2S. The highest BCUT2D eigenvalue weighted by Crippen LogP contribution is 2.28. The number of thioether (sulfide) groups is 1. The maximum absolute atomic E-state index is 12.5. The molecule has 5 heteroatoms. The predicted molar refractivity (Wildman–Crippen MR) is 102 cm³/mol. The van der Waals surface area contributed by atoms with E-state index < -0.39 is 6.04 Å².